The number of carbonyl (C=O) groups is 1. The highest BCUT2D eigenvalue weighted by atomic mass is 16.5. The van der Waals surface area contributed by atoms with Crippen molar-refractivity contribution >= 4 is 5.91 Å². The van der Waals surface area contributed by atoms with Gasteiger partial charge in [-0.05, 0) is 30.7 Å². The van der Waals surface area contributed by atoms with Gasteiger partial charge in [0.25, 0.3) is 5.91 Å². The van der Waals surface area contributed by atoms with Crippen LogP contribution in [-0.4, -0.2) is 34.7 Å². The van der Waals surface area contributed by atoms with E-state index in [0.29, 0.717) is 18.8 Å². The number of aromatic nitrogens is 2. The lowest BCUT2D eigenvalue weighted by molar-refractivity contribution is 0.0773. The van der Waals surface area contributed by atoms with E-state index in [-0.39, 0.29) is 5.91 Å². The summed E-state index contributed by atoms with van der Waals surface area (Å²) >= 11 is 0. The smallest absolute Gasteiger partial charge is 0.272 e. The lowest BCUT2D eigenvalue weighted by Gasteiger charge is -2.17. The predicted molar refractivity (Wildman–Crippen MR) is 102 cm³/mol. The average Bonchev–Trinajstić information content (AvgIpc) is 3.12. The molecule has 0 bridgehead atoms. The molecule has 0 aliphatic rings. The monoisotopic (exact) mass is 349 g/mol. The van der Waals surface area contributed by atoms with Gasteiger partial charge in [-0.2, -0.15) is 5.10 Å². The van der Waals surface area contributed by atoms with Gasteiger partial charge < -0.3 is 9.64 Å². The molecule has 2 aromatic carbocycles. The van der Waals surface area contributed by atoms with Gasteiger partial charge in [-0.15, -0.1) is 0 Å². The van der Waals surface area contributed by atoms with Gasteiger partial charge in [0.15, 0.2) is 0 Å². The fourth-order valence-corrected chi connectivity index (χ4v) is 2.94. The maximum atomic E-state index is 13.0. The van der Waals surface area contributed by atoms with Crippen LogP contribution < -0.4 is 4.74 Å². The maximum absolute atomic E-state index is 13.0. The highest BCUT2D eigenvalue weighted by Gasteiger charge is 2.20. The number of hydrogen-bond donors (Lipinski definition) is 0. The van der Waals surface area contributed by atoms with E-state index in [1.807, 2.05) is 74.6 Å². The van der Waals surface area contributed by atoms with E-state index in [2.05, 4.69) is 5.10 Å². The molecule has 3 rings (SSSR count). The highest BCUT2D eigenvalue weighted by Crippen LogP contribution is 2.29. The van der Waals surface area contributed by atoms with Crippen LogP contribution in [0, 0.1) is 0 Å². The quantitative estimate of drug-likeness (QED) is 0.679. The van der Waals surface area contributed by atoms with Crippen molar-refractivity contribution in [3.8, 4) is 17.0 Å². The summed E-state index contributed by atoms with van der Waals surface area (Å²) in [5.74, 6) is 0.689. The van der Waals surface area contributed by atoms with Crippen LogP contribution in [0.5, 0.6) is 5.75 Å². The number of ether oxygens (including phenoxy) is 1. The molecular formula is C21H23N3O2. The Morgan fingerprint density at radius 3 is 2.50 bits per heavy atom. The van der Waals surface area contributed by atoms with Gasteiger partial charge in [-0.25, -0.2) is 0 Å². The zero-order valence-corrected chi connectivity index (χ0v) is 15.3. The van der Waals surface area contributed by atoms with Gasteiger partial charge in [-0.3, -0.25) is 9.48 Å². The summed E-state index contributed by atoms with van der Waals surface area (Å²) in [4.78, 5) is 14.7. The zero-order chi connectivity index (χ0) is 18.5. The Hall–Kier alpha value is -3.08. The van der Waals surface area contributed by atoms with Crippen LogP contribution in [0.3, 0.4) is 0 Å². The molecule has 1 amide bonds. The maximum Gasteiger partial charge on any atom is 0.272 e. The molecule has 0 spiro atoms. The Morgan fingerprint density at radius 1 is 1.12 bits per heavy atom. The van der Waals surface area contributed by atoms with E-state index in [9.17, 15) is 4.79 Å². The first-order valence-corrected chi connectivity index (χ1v) is 8.64. The number of para-hydroxylation sites is 1. The fourth-order valence-electron chi connectivity index (χ4n) is 2.94. The van der Waals surface area contributed by atoms with Gasteiger partial charge in [0.1, 0.15) is 11.4 Å². The number of nitrogens with zero attached hydrogens (tertiary/aromatic N) is 3. The molecule has 1 aromatic heterocycles. The van der Waals surface area contributed by atoms with Gasteiger partial charge in [0.2, 0.25) is 0 Å². The third-order valence-corrected chi connectivity index (χ3v) is 4.29. The van der Waals surface area contributed by atoms with Crippen LogP contribution in [0.1, 0.15) is 23.0 Å². The molecule has 5 heteroatoms. The first-order chi connectivity index (χ1) is 12.6. The normalized spacial score (nSPS) is 10.6. The van der Waals surface area contributed by atoms with Crippen molar-refractivity contribution in [3.63, 3.8) is 0 Å². The molecular weight excluding hydrogens is 326 g/mol. The van der Waals surface area contributed by atoms with Crippen molar-refractivity contribution in [2.45, 2.75) is 20.0 Å². The molecule has 3 aromatic rings. The standard InChI is InChI=1S/C21H23N3O2/c1-4-24-19(21(25)23(2)15-16-10-6-5-7-11-16)14-18(22-24)17-12-8-9-13-20(17)26-3/h5-14H,4,15H2,1-3H3. The lowest BCUT2D eigenvalue weighted by atomic mass is 10.1. The minimum absolute atomic E-state index is 0.0515. The number of methoxy groups -OCH3 is 1. The summed E-state index contributed by atoms with van der Waals surface area (Å²) in [7, 11) is 3.44. The summed E-state index contributed by atoms with van der Waals surface area (Å²) in [6, 6.07) is 19.5. The minimum Gasteiger partial charge on any atom is -0.496 e. The largest absolute Gasteiger partial charge is 0.496 e. The van der Waals surface area contributed by atoms with Gasteiger partial charge in [0, 0.05) is 25.7 Å². The van der Waals surface area contributed by atoms with Crippen molar-refractivity contribution < 1.29 is 9.53 Å². The Kier molecular flexibility index (Phi) is 5.37. The molecule has 0 N–H and O–H groups in total. The van der Waals surface area contributed by atoms with Crippen molar-refractivity contribution in [1.29, 1.82) is 0 Å². The van der Waals surface area contributed by atoms with Crippen LogP contribution in [0.25, 0.3) is 11.3 Å². The summed E-state index contributed by atoms with van der Waals surface area (Å²) in [6.45, 7) is 3.15. The third kappa shape index (κ3) is 3.61. The second kappa shape index (κ2) is 7.87. The molecule has 5 nitrogen and oxygen atoms in total. The van der Waals surface area contributed by atoms with Gasteiger partial charge >= 0.3 is 0 Å². The molecule has 0 saturated heterocycles. The molecule has 0 fully saturated rings. The van der Waals surface area contributed by atoms with E-state index >= 15 is 0 Å². The molecule has 0 radical (unpaired) electrons. The molecule has 1 heterocycles. The molecule has 134 valence electrons. The first kappa shape index (κ1) is 17.7. The van der Waals surface area contributed by atoms with Crippen molar-refractivity contribution in [2.75, 3.05) is 14.2 Å². The SMILES string of the molecule is CCn1nc(-c2ccccc2OC)cc1C(=O)N(C)Cc1ccccc1. The number of carbonyl (C=O) groups excluding carboxylic acids is 1. The third-order valence-electron chi connectivity index (χ3n) is 4.29. The summed E-state index contributed by atoms with van der Waals surface area (Å²) in [5, 5.41) is 4.61. The molecule has 0 aliphatic carbocycles. The fraction of sp³-hybridized carbons (Fsp3) is 0.238. The number of aryl methyl sites for hydroxylation is 1. The molecule has 0 saturated carbocycles. The Bertz CT molecular complexity index is 887. The van der Waals surface area contributed by atoms with E-state index in [1.54, 1.807) is 16.7 Å². The molecule has 0 atom stereocenters. The van der Waals surface area contributed by atoms with Crippen LogP contribution >= 0.6 is 0 Å². The highest BCUT2D eigenvalue weighted by molar-refractivity contribution is 5.93. The van der Waals surface area contributed by atoms with Crippen LogP contribution in [0.2, 0.25) is 0 Å². The molecule has 26 heavy (non-hydrogen) atoms. The summed E-state index contributed by atoms with van der Waals surface area (Å²) in [5.41, 5.74) is 3.28. The second-order valence-electron chi connectivity index (χ2n) is 6.08. The summed E-state index contributed by atoms with van der Waals surface area (Å²) < 4.78 is 7.17. The first-order valence-electron chi connectivity index (χ1n) is 8.64. The van der Waals surface area contributed by atoms with Gasteiger partial charge in [0.05, 0.1) is 12.8 Å². The number of hydrogen-bond acceptors (Lipinski definition) is 3. The van der Waals surface area contributed by atoms with Crippen molar-refractivity contribution in [1.82, 2.24) is 14.7 Å². The molecule has 0 aliphatic heterocycles. The second-order valence-corrected chi connectivity index (χ2v) is 6.08. The van der Waals surface area contributed by atoms with Gasteiger partial charge in [-0.1, -0.05) is 42.5 Å². The average molecular weight is 349 g/mol. The van der Waals surface area contributed by atoms with Crippen molar-refractivity contribution in [3.05, 3.63) is 71.9 Å². The Balaban J connectivity index is 1.90. The molecule has 0 unspecified atom stereocenters. The lowest BCUT2D eigenvalue weighted by Crippen LogP contribution is -2.28. The van der Waals surface area contributed by atoms with Crippen LogP contribution in [0.4, 0.5) is 0 Å². The van der Waals surface area contributed by atoms with E-state index < -0.39 is 0 Å². The predicted octanol–water partition coefficient (Wildman–Crippen LogP) is 3.85. The van der Waals surface area contributed by atoms with E-state index in [0.717, 1.165) is 22.6 Å². The van der Waals surface area contributed by atoms with E-state index in [1.165, 1.54) is 0 Å². The zero-order valence-electron chi connectivity index (χ0n) is 15.3. The summed E-state index contributed by atoms with van der Waals surface area (Å²) in [6.07, 6.45) is 0. The minimum atomic E-state index is -0.0515. The number of benzene rings is 2. The van der Waals surface area contributed by atoms with Crippen LogP contribution in [-0.2, 0) is 13.1 Å². The Morgan fingerprint density at radius 2 is 1.81 bits per heavy atom. The van der Waals surface area contributed by atoms with Crippen molar-refractivity contribution in [2.24, 2.45) is 0 Å². The van der Waals surface area contributed by atoms with Crippen LogP contribution in [0.15, 0.2) is 60.7 Å². The number of amides is 1. The Labute approximate surface area is 153 Å². The number of rotatable bonds is 6. The van der Waals surface area contributed by atoms with E-state index in [4.69, 9.17) is 4.74 Å². The topological polar surface area (TPSA) is 47.4 Å².